The predicted octanol–water partition coefficient (Wildman–Crippen LogP) is 7.34. The van der Waals surface area contributed by atoms with E-state index in [9.17, 15) is 4.57 Å². The van der Waals surface area contributed by atoms with Gasteiger partial charge in [0.25, 0.3) is 0 Å². The van der Waals surface area contributed by atoms with Gasteiger partial charge in [-0.25, -0.2) is 0 Å². The number of nitrogens with zero attached hydrogens (tertiary/aromatic N) is 1. The van der Waals surface area contributed by atoms with Crippen LogP contribution in [0.5, 0.6) is 0 Å². The average Bonchev–Trinajstić information content (AvgIpc) is 2.66. The first-order valence-electron chi connectivity index (χ1n) is 10.5. The Morgan fingerprint density at radius 1 is 0.967 bits per heavy atom. The molecule has 0 amide bonds. The minimum absolute atomic E-state index is 0.256. The third kappa shape index (κ3) is 6.75. The van der Waals surface area contributed by atoms with E-state index in [0.717, 1.165) is 30.0 Å². The van der Waals surface area contributed by atoms with E-state index in [-0.39, 0.29) is 12.2 Å². The van der Waals surface area contributed by atoms with Crippen molar-refractivity contribution in [3.63, 3.8) is 0 Å². The summed E-state index contributed by atoms with van der Waals surface area (Å²) in [6, 6.07) is 15.4. The second-order valence-electron chi connectivity index (χ2n) is 7.67. The van der Waals surface area contributed by atoms with Crippen LogP contribution in [0.4, 0.5) is 11.4 Å². The summed E-state index contributed by atoms with van der Waals surface area (Å²) < 4.78 is 25.8. The Morgan fingerprint density at radius 3 is 2.00 bits per heavy atom. The normalized spacial score (nSPS) is 13.0. The molecular formula is C23H34ClN2O3P. The smallest absolute Gasteiger partial charge is 0.357 e. The number of halogens is 1. The molecule has 0 bridgehead atoms. The van der Waals surface area contributed by atoms with Crippen molar-refractivity contribution in [2.45, 2.75) is 59.5 Å². The molecule has 1 atom stereocenters. The molecule has 166 valence electrons. The summed E-state index contributed by atoms with van der Waals surface area (Å²) in [4.78, 5) is 2.26. The summed E-state index contributed by atoms with van der Waals surface area (Å²) in [7, 11) is -3.56. The van der Waals surface area contributed by atoms with E-state index in [0.29, 0.717) is 5.02 Å². The Morgan fingerprint density at radius 2 is 1.53 bits per heavy atom. The molecule has 0 aliphatic rings. The van der Waals surface area contributed by atoms with Crippen LogP contribution in [0.3, 0.4) is 0 Å². The van der Waals surface area contributed by atoms with Crippen molar-refractivity contribution >= 4 is 30.6 Å². The zero-order valence-corrected chi connectivity index (χ0v) is 20.4. The van der Waals surface area contributed by atoms with Crippen LogP contribution in [0, 0.1) is 0 Å². The first-order chi connectivity index (χ1) is 14.2. The highest BCUT2D eigenvalue weighted by Gasteiger charge is 2.39. The molecule has 0 aliphatic carbocycles. The maximum absolute atomic E-state index is 14.0. The molecule has 5 nitrogen and oxygen atoms in total. The maximum atomic E-state index is 14.0. The van der Waals surface area contributed by atoms with E-state index in [1.165, 1.54) is 0 Å². The second kappa shape index (κ2) is 11.2. The van der Waals surface area contributed by atoms with Gasteiger partial charge in [-0.2, -0.15) is 0 Å². The van der Waals surface area contributed by atoms with Gasteiger partial charge in [0.1, 0.15) is 0 Å². The molecule has 7 heteroatoms. The van der Waals surface area contributed by atoms with Gasteiger partial charge in [-0.05, 0) is 77.4 Å². The van der Waals surface area contributed by atoms with Crippen LogP contribution in [0.15, 0.2) is 48.5 Å². The first-order valence-corrected chi connectivity index (χ1v) is 12.5. The molecule has 0 aromatic heterocycles. The minimum Gasteiger partial charge on any atom is -0.372 e. The standard InChI is InChI=1S/C23H34ClN2O3P/c1-7-26(8-2)22-14-12-19(13-15-22)23(25-21-11-9-10-20(24)16-21)30(27,28-17(3)4)29-18(5)6/h9-18,23,25H,7-8H2,1-6H3. The summed E-state index contributed by atoms with van der Waals surface area (Å²) in [6.45, 7) is 13.5. The molecular weight excluding hydrogens is 419 g/mol. The predicted molar refractivity (Wildman–Crippen MR) is 128 cm³/mol. The number of benzene rings is 2. The average molecular weight is 453 g/mol. The first kappa shape index (κ1) is 24.7. The van der Waals surface area contributed by atoms with Gasteiger partial charge in [-0.15, -0.1) is 0 Å². The zero-order chi connectivity index (χ0) is 22.3. The van der Waals surface area contributed by atoms with E-state index < -0.39 is 13.4 Å². The lowest BCUT2D eigenvalue weighted by Crippen LogP contribution is -2.22. The van der Waals surface area contributed by atoms with Crippen LogP contribution in [-0.2, 0) is 13.6 Å². The van der Waals surface area contributed by atoms with Crippen LogP contribution in [-0.4, -0.2) is 25.3 Å². The van der Waals surface area contributed by atoms with Crippen LogP contribution < -0.4 is 10.2 Å². The third-order valence-electron chi connectivity index (χ3n) is 4.50. The molecule has 1 unspecified atom stereocenters. The third-order valence-corrected chi connectivity index (χ3v) is 7.22. The highest BCUT2D eigenvalue weighted by molar-refractivity contribution is 7.54. The van der Waals surface area contributed by atoms with Crippen molar-refractivity contribution in [3.8, 4) is 0 Å². The van der Waals surface area contributed by atoms with Crippen molar-refractivity contribution in [3.05, 3.63) is 59.1 Å². The van der Waals surface area contributed by atoms with Crippen molar-refractivity contribution in [1.82, 2.24) is 0 Å². The lowest BCUT2D eigenvalue weighted by atomic mass is 10.2. The number of rotatable bonds is 11. The van der Waals surface area contributed by atoms with Gasteiger partial charge in [0.15, 0.2) is 5.78 Å². The van der Waals surface area contributed by atoms with Gasteiger partial charge in [0.2, 0.25) is 0 Å². The highest BCUT2D eigenvalue weighted by Crippen LogP contribution is 2.62. The van der Waals surface area contributed by atoms with Crippen molar-refractivity contribution in [1.29, 1.82) is 0 Å². The van der Waals surface area contributed by atoms with Gasteiger partial charge in [0, 0.05) is 29.5 Å². The molecule has 2 rings (SSSR count). The Hall–Kier alpha value is -1.52. The van der Waals surface area contributed by atoms with E-state index in [1.54, 1.807) is 12.1 Å². The Bertz CT molecular complexity index is 825. The SMILES string of the molecule is CCN(CC)c1ccc(C(Nc2cccc(Cl)c2)P(=O)(OC(C)C)OC(C)C)cc1. The van der Waals surface area contributed by atoms with Crippen LogP contribution in [0.1, 0.15) is 52.9 Å². The molecule has 0 saturated carbocycles. The summed E-state index contributed by atoms with van der Waals surface area (Å²) in [5.74, 6) is -0.675. The van der Waals surface area contributed by atoms with Gasteiger partial charge >= 0.3 is 7.60 Å². The van der Waals surface area contributed by atoms with Crippen LogP contribution in [0.25, 0.3) is 0 Å². The summed E-state index contributed by atoms with van der Waals surface area (Å²) >= 11 is 6.17. The fourth-order valence-electron chi connectivity index (χ4n) is 3.27. The topological polar surface area (TPSA) is 50.8 Å². The molecule has 0 spiro atoms. The molecule has 30 heavy (non-hydrogen) atoms. The number of nitrogens with one attached hydrogen (secondary N) is 1. The summed E-state index contributed by atoms with van der Waals surface area (Å²) in [5, 5.41) is 3.95. The Balaban J connectivity index is 2.50. The largest absolute Gasteiger partial charge is 0.372 e. The van der Waals surface area contributed by atoms with Crippen molar-refractivity contribution in [2.75, 3.05) is 23.3 Å². The fraction of sp³-hybridized carbons (Fsp3) is 0.478. The Labute approximate surface area is 186 Å². The van der Waals surface area contributed by atoms with Crippen LogP contribution >= 0.6 is 19.2 Å². The van der Waals surface area contributed by atoms with E-state index in [4.69, 9.17) is 20.6 Å². The maximum Gasteiger partial charge on any atom is 0.357 e. The van der Waals surface area contributed by atoms with E-state index in [1.807, 2.05) is 64.1 Å². The monoisotopic (exact) mass is 452 g/mol. The van der Waals surface area contributed by atoms with Gasteiger partial charge in [-0.3, -0.25) is 4.57 Å². The minimum atomic E-state index is -3.56. The van der Waals surface area contributed by atoms with Gasteiger partial charge in [0.05, 0.1) is 12.2 Å². The van der Waals surface area contributed by atoms with Gasteiger partial charge in [-0.1, -0.05) is 29.8 Å². The van der Waals surface area contributed by atoms with E-state index >= 15 is 0 Å². The zero-order valence-electron chi connectivity index (χ0n) is 18.8. The highest BCUT2D eigenvalue weighted by atomic mass is 35.5. The van der Waals surface area contributed by atoms with Gasteiger partial charge < -0.3 is 19.3 Å². The van der Waals surface area contributed by atoms with Crippen LogP contribution in [0.2, 0.25) is 5.02 Å². The number of hydrogen-bond acceptors (Lipinski definition) is 5. The lowest BCUT2D eigenvalue weighted by Gasteiger charge is -2.31. The lowest BCUT2D eigenvalue weighted by molar-refractivity contribution is 0.138. The number of hydrogen-bond donors (Lipinski definition) is 1. The molecule has 0 aliphatic heterocycles. The molecule has 2 aromatic rings. The molecule has 0 radical (unpaired) electrons. The van der Waals surface area contributed by atoms with Crippen molar-refractivity contribution < 1.29 is 13.6 Å². The molecule has 0 heterocycles. The summed E-state index contributed by atoms with van der Waals surface area (Å²) in [6.07, 6.45) is -0.513. The molecule has 0 fully saturated rings. The quantitative estimate of drug-likeness (QED) is 0.361. The fourth-order valence-corrected chi connectivity index (χ4v) is 5.77. The second-order valence-corrected chi connectivity index (χ2v) is 10.1. The molecule has 0 saturated heterocycles. The number of anilines is 2. The Kier molecular flexibility index (Phi) is 9.24. The molecule has 1 N–H and O–H groups in total. The summed E-state index contributed by atoms with van der Waals surface area (Å²) in [5.41, 5.74) is 2.70. The van der Waals surface area contributed by atoms with E-state index in [2.05, 4.69) is 24.1 Å². The van der Waals surface area contributed by atoms with Crippen molar-refractivity contribution in [2.24, 2.45) is 0 Å². The molecule has 2 aromatic carbocycles.